The Balaban J connectivity index is 1.58. The van der Waals surface area contributed by atoms with Crippen LogP contribution in [0.25, 0.3) is 28.1 Å². The van der Waals surface area contributed by atoms with Gasteiger partial charge in [-0.2, -0.15) is 5.10 Å². The van der Waals surface area contributed by atoms with Crippen molar-refractivity contribution in [1.29, 1.82) is 0 Å². The monoisotopic (exact) mass is 501 g/mol. The third-order valence-electron chi connectivity index (χ3n) is 6.31. The average molecular weight is 502 g/mol. The maximum atomic E-state index is 10.9. The molecule has 0 fully saturated rings. The molecule has 2 N–H and O–H groups in total. The fraction of sp³-hybridized carbons (Fsp3) is 0.0938. The molecule has 0 atom stereocenters. The number of H-pyrrole nitrogens is 1. The van der Waals surface area contributed by atoms with Crippen molar-refractivity contribution in [3.05, 3.63) is 131 Å². The fourth-order valence-corrected chi connectivity index (χ4v) is 4.49. The number of hydrogen-bond donors (Lipinski definition) is 2. The summed E-state index contributed by atoms with van der Waals surface area (Å²) >= 11 is 0. The molecule has 0 aliphatic heterocycles. The number of pyridine rings is 1. The number of carboxylic acid groups (broad SMARTS) is 1. The summed E-state index contributed by atoms with van der Waals surface area (Å²) in [7, 11) is 0. The number of nitrogens with one attached hydrogen (secondary N) is 1. The van der Waals surface area contributed by atoms with Crippen molar-refractivity contribution >= 4 is 34.1 Å². The van der Waals surface area contributed by atoms with Gasteiger partial charge < -0.3 is 9.84 Å². The number of aliphatic carboxylic acids is 1. The lowest BCUT2D eigenvalue weighted by Crippen LogP contribution is -1.98. The Morgan fingerprint density at radius 1 is 0.947 bits per heavy atom. The van der Waals surface area contributed by atoms with Gasteiger partial charge in [0.1, 0.15) is 12.4 Å². The van der Waals surface area contributed by atoms with E-state index < -0.39 is 5.97 Å². The number of benzene rings is 3. The van der Waals surface area contributed by atoms with Crippen molar-refractivity contribution in [1.82, 2.24) is 15.2 Å². The van der Waals surface area contributed by atoms with Crippen LogP contribution in [0.3, 0.4) is 0 Å². The summed E-state index contributed by atoms with van der Waals surface area (Å²) in [6, 6.07) is 26.3. The highest BCUT2D eigenvalue weighted by molar-refractivity contribution is 6.00. The first-order valence-electron chi connectivity index (χ1n) is 12.4. The van der Waals surface area contributed by atoms with E-state index in [0.29, 0.717) is 6.61 Å². The zero-order valence-corrected chi connectivity index (χ0v) is 21.0. The van der Waals surface area contributed by atoms with Crippen LogP contribution in [-0.2, 0) is 11.4 Å². The molecular weight excluding hydrogens is 474 g/mol. The number of aromatic amines is 1. The Morgan fingerprint density at radius 2 is 1.79 bits per heavy atom. The normalized spacial score (nSPS) is 12.0. The predicted molar refractivity (Wildman–Crippen MR) is 150 cm³/mol. The Hall–Kier alpha value is -4.97. The summed E-state index contributed by atoms with van der Waals surface area (Å²) in [5, 5.41) is 17.2. The van der Waals surface area contributed by atoms with E-state index in [9.17, 15) is 4.79 Å². The zero-order valence-electron chi connectivity index (χ0n) is 21.0. The van der Waals surface area contributed by atoms with Gasteiger partial charge in [-0.25, -0.2) is 4.79 Å². The quantitative estimate of drug-likeness (QED) is 0.168. The molecule has 2 aromatic heterocycles. The minimum absolute atomic E-state index is 0.442. The minimum Gasteiger partial charge on any atom is -0.489 e. The molecule has 0 unspecified atom stereocenters. The van der Waals surface area contributed by atoms with Gasteiger partial charge in [0.15, 0.2) is 0 Å². The summed E-state index contributed by atoms with van der Waals surface area (Å²) in [6.45, 7) is 2.59. The summed E-state index contributed by atoms with van der Waals surface area (Å²) in [5.41, 5.74) is 8.28. The number of allylic oxidation sites excluding steroid dienone is 1. The van der Waals surface area contributed by atoms with Gasteiger partial charge >= 0.3 is 5.97 Å². The van der Waals surface area contributed by atoms with Crippen molar-refractivity contribution in [3.63, 3.8) is 0 Å². The maximum absolute atomic E-state index is 10.9. The molecule has 188 valence electrons. The maximum Gasteiger partial charge on any atom is 0.328 e. The summed E-state index contributed by atoms with van der Waals surface area (Å²) in [5.74, 6) is -0.182. The van der Waals surface area contributed by atoms with Crippen LogP contribution >= 0.6 is 0 Å². The molecule has 6 nitrogen and oxygen atoms in total. The predicted octanol–water partition coefficient (Wildman–Crippen LogP) is 7.00. The smallest absolute Gasteiger partial charge is 0.328 e. The number of ether oxygens (including phenoxy) is 1. The first-order chi connectivity index (χ1) is 18.6. The second-order valence-corrected chi connectivity index (χ2v) is 8.85. The van der Waals surface area contributed by atoms with E-state index in [1.165, 1.54) is 5.57 Å². The number of carboxylic acids is 1. The highest BCUT2D eigenvalue weighted by atomic mass is 16.5. The summed E-state index contributed by atoms with van der Waals surface area (Å²) in [4.78, 5) is 15.1. The van der Waals surface area contributed by atoms with E-state index in [0.717, 1.165) is 62.5 Å². The van der Waals surface area contributed by atoms with Crippen LogP contribution in [0.1, 0.15) is 41.2 Å². The number of fused-ring (bicyclic) bond motifs is 1. The van der Waals surface area contributed by atoms with Crippen molar-refractivity contribution in [2.45, 2.75) is 20.0 Å². The lowest BCUT2D eigenvalue weighted by molar-refractivity contribution is -0.131. The highest BCUT2D eigenvalue weighted by Crippen LogP contribution is 2.36. The third-order valence-corrected chi connectivity index (χ3v) is 6.31. The molecule has 0 saturated heterocycles. The van der Waals surface area contributed by atoms with Gasteiger partial charge in [-0.3, -0.25) is 10.1 Å². The molecule has 0 saturated carbocycles. The van der Waals surface area contributed by atoms with E-state index in [1.807, 2.05) is 60.8 Å². The van der Waals surface area contributed by atoms with Crippen molar-refractivity contribution in [3.8, 4) is 5.75 Å². The molecule has 6 heteroatoms. The van der Waals surface area contributed by atoms with Crippen LogP contribution in [0.2, 0.25) is 0 Å². The second kappa shape index (κ2) is 11.4. The number of carbonyl (C=O) groups is 1. The molecule has 5 rings (SSSR count). The summed E-state index contributed by atoms with van der Waals surface area (Å²) in [6.07, 6.45) is 8.92. The molecule has 2 heterocycles. The molecule has 5 aromatic rings. The van der Waals surface area contributed by atoms with Crippen LogP contribution in [0.15, 0.2) is 104 Å². The lowest BCUT2D eigenvalue weighted by Gasteiger charge is -2.17. The van der Waals surface area contributed by atoms with Crippen LogP contribution in [0.5, 0.6) is 5.75 Å². The topological polar surface area (TPSA) is 88.1 Å². The second-order valence-electron chi connectivity index (χ2n) is 8.85. The SMILES string of the molecule is CC/C(=C(/c1ccc(/C=C/C(=O)O)cc1)c1ccc2[nH]ncc2c1)c1cccc(OCc2cccnc2)c1. The van der Waals surface area contributed by atoms with Crippen LogP contribution < -0.4 is 4.74 Å². The molecule has 3 aromatic carbocycles. The largest absolute Gasteiger partial charge is 0.489 e. The number of nitrogens with zero attached hydrogens (tertiary/aromatic N) is 2. The van der Waals surface area contributed by atoms with Crippen molar-refractivity contribution in [2.24, 2.45) is 0 Å². The van der Waals surface area contributed by atoms with Gasteiger partial charge in [0, 0.05) is 29.4 Å². The first kappa shape index (κ1) is 24.7. The standard InChI is InChI=1S/C32H27N3O3/c1-2-29(25-6-3-7-28(18-25)38-21-23-5-4-16-33-19-23)32(26-13-14-30-27(17-26)20-34-35-30)24-11-8-22(9-12-24)10-15-31(36)37/h3-20H,2,21H2,1H3,(H,34,35)(H,36,37)/b15-10+,32-29+. The van der Waals surface area contributed by atoms with E-state index in [4.69, 9.17) is 9.84 Å². The summed E-state index contributed by atoms with van der Waals surface area (Å²) < 4.78 is 6.10. The van der Waals surface area contributed by atoms with Crippen LogP contribution in [0.4, 0.5) is 0 Å². The molecule has 0 spiro atoms. The first-order valence-corrected chi connectivity index (χ1v) is 12.4. The molecule has 38 heavy (non-hydrogen) atoms. The molecule has 0 amide bonds. The highest BCUT2D eigenvalue weighted by Gasteiger charge is 2.15. The third kappa shape index (κ3) is 5.71. The molecule has 0 aliphatic carbocycles. The number of hydrogen-bond acceptors (Lipinski definition) is 4. The van der Waals surface area contributed by atoms with E-state index in [1.54, 1.807) is 18.5 Å². The van der Waals surface area contributed by atoms with E-state index >= 15 is 0 Å². The van der Waals surface area contributed by atoms with Gasteiger partial charge in [-0.05, 0) is 76.2 Å². The van der Waals surface area contributed by atoms with Gasteiger partial charge in [0.25, 0.3) is 0 Å². The number of rotatable bonds is 9. The number of aromatic nitrogens is 3. The van der Waals surface area contributed by atoms with Gasteiger partial charge in [0.2, 0.25) is 0 Å². The molecular formula is C32H27N3O3. The van der Waals surface area contributed by atoms with Gasteiger partial charge in [-0.15, -0.1) is 0 Å². The van der Waals surface area contributed by atoms with Gasteiger partial charge in [0.05, 0.1) is 11.7 Å². The van der Waals surface area contributed by atoms with Gasteiger partial charge in [-0.1, -0.05) is 55.5 Å². The minimum atomic E-state index is -0.970. The Kier molecular flexibility index (Phi) is 7.41. The van der Waals surface area contributed by atoms with Crippen molar-refractivity contribution in [2.75, 3.05) is 0 Å². The van der Waals surface area contributed by atoms with Crippen LogP contribution in [0, 0.1) is 0 Å². The van der Waals surface area contributed by atoms with Crippen molar-refractivity contribution < 1.29 is 14.6 Å². The zero-order chi connectivity index (χ0) is 26.3. The molecule has 0 bridgehead atoms. The van der Waals surface area contributed by atoms with E-state index in [2.05, 4.69) is 46.4 Å². The Labute approximate surface area is 221 Å². The fourth-order valence-electron chi connectivity index (χ4n) is 4.49. The molecule has 0 aliphatic rings. The lowest BCUT2D eigenvalue weighted by atomic mass is 9.87. The van der Waals surface area contributed by atoms with Crippen LogP contribution in [-0.4, -0.2) is 26.3 Å². The molecule has 0 radical (unpaired) electrons. The van der Waals surface area contributed by atoms with E-state index in [-0.39, 0.29) is 0 Å². The average Bonchev–Trinajstić information content (AvgIpc) is 3.43. The Morgan fingerprint density at radius 3 is 2.55 bits per heavy atom. The Bertz CT molecular complexity index is 1620.